The summed E-state index contributed by atoms with van der Waals surface area (Å²) in [7, 11) is 0. The maximum absolute atomic E-state index is 12.2. The van der Waals surface area contributed by atoms with Crippen molar-refractivity contribution in [2.24, 2.45) is 0 Å². The maximum Gasteiger partial charge on any atom is 0.276 e. The van der Waals surface area contributed by atoms with E-state index in [1.54, 1.807) is 18.2 Å². The first-order valence-electron chi connectivity index (χ1n) is 5.61. The van der Waals surface area contributed by atoms with E-state index in [9.17, 15) is 4.79 Å². The van der Waals surface area contributed by atoms with Gasteiger partial charge in [0.15, 0.2) is 0 Å². The van der Waals surface area contributed by atoms with Crippen LogP contribution in [0.4, 0.5) is 11.4 Å². The molecule has 0 saturated heterocycles. The highest BCUT2D eigenvalue weighted by Crippen LogP contribution is 2.30. The van der Waals surface area contributed by atoms with Crippen molar-refractivity contribution in [2.45, 2.75) is 13.5 Å². The number of para-hydroxylation sites is 1. The van der Waals surface area contributed by atoms with Crippen molar-refractivity contribution in [1.29, 1.82) is 0 Å². The van der Waals surface area contributed by atoms with Crippen LogP contribution in [0, 0.1) is 0 Å². The standard InChI is InChI=1S/C12H12Cl2N4O/c1-2-18-11(9(15)6-16-18)12(19)17-10-7(13)4-3-5-8(10)14/h3-6H,2,15H2,1H3,(H,17,19). The van der Waals surface area contributed by atoms with E-state index < -0.39 is 5.91 Å². The summed E-state index contributed by atoms with van der Waals surface area (Å²) in [6.07, 6.45) is 1.44. The van der Waals surface area contributed by atoms with Crippen LogP contribution < -0.4 is 11.1 Å². The predicted molar refractivity (Wildman–Crippen MR) is 76.7 cm³/mol. The van der Waals surface area contributed by atoms with Crippen LogP contribution in [0.15, 0.2) is 24.4 Å². The van der Waals surface area contributed by atoms with Gasteiger partial charge in [0.25, 0.3) is 5.91 Å². The van der Waals surface area contributed by atoms with Crippen molar-refractivity contribution in [3.8, 4) is 0 Å². The number of halogens is 2. The van der Waals surface area contributed by atoms with Gasteiger partial charge >= 0.3 is 0 Å². The third kappa shape index (κ3) is 2.67. The van der Waals surface area contributed by atoms with Gasteiger partial charge in [-0.05, 0) is 19.1 Å². The van der Waals surface area contributed by atoms with E-state index in [1.165, 1.54) is 10.9 Å². The molecule has 5 nitrogen and oxygen atoms in total. The zero-order valence-corrected chi connectivity index (χ0v) is 11.7. The number of nitrogen functional groups attached to an aromatic ring is 1. The highest BCUT2D eigenvalue weighted by atomic mass is 35.5. The molecule has 2 rings (SSSR count). The molecule has 0 aliphatic rings. The summed E-state index contributed by atoms with van der Waals surface area (Å²) < 4.78 is 1.51. The number of hydrogen-bond donors (Lipinski definition) is 2. The molecule has 1 amide bonds. The summed E-state index contributed by atoms with van der Waals surface area (Å²) in [5, 5.41) is 7.39. The van der Waals surface area contributed by atoms with Crippen LogP contribution in [0.3, 0.4) is 0 Å². The summed E-state index contributed by atoms with van der Waals surface area (Å²) in [4.78, 5) is 12.2. The van der Waals surface area contributed by atoms with Gasteiger partial charge in [-0.2, -0.15) is 5.10 Å². The average Bonchev–Trinajstić information content (AvgIpc) is 2.75. The Morgan fingerprint density at radius 2 is 2.05 bits per heavy atom. The van der Waals surface area contributed by atoms with Crippen LogP contribution in [0.2, 0.25) is 10.0 Å². The van der Waals surface area contributed by atoms with Gasteiger partial charge in [0.05, 0.1) is 27.6 Å². The Kier molecular flexibility index (Phi) is 3.97. The summed E-state index contributed by atoms with van der Waals surface area (Å²) in [5.74, 6) is -0.396. The van der Waals surface area contributed by atoms with E-state index in [0.29, 0.717) is 33.7 Å². The number of nitrogens with two attached hydrogens (primary N) is 1. The predicted octanol–water partition coefficient (Wildman–Crippen LogP) is 3.04. The number of rotatable bonds is 3. The molecule has 0 aliphatic carbocycles. The SMILES string of the molecule is CCn1ncc(N)c1C(=O)Nc1c(Cl)cccc1Cl. The van der Waals surface area contributed by atoms with E-state index in [-0.39, 0.29) is 0 Å². The molecule has 0 atom stereocenters. The molecule has 1 aromatic heterocycles. The van der Waals surface area contributed by atoms with E-state index in [1.807, 2.05) is 6.92 Å². The molecule has 1 aromatic carbocycles. The number of hydrogen-bond acceptors (Lipinski definition) is 3. The largest absolute Gasteiger partial charge is 0.396 e. The van der Waals surface area contributed by atoms with Gasteiger partial charge in [-0.1, -0.05) is 29.3 Å². The second-order valence-corrected chi connectivity index (χ2v) is 4.63. The first-order valence-corrected chi connectivity index (χ1v) is 6.36. The highest BCUT2D eigenvalue weighted by molar-refractivity contribution is 6.40. The monoisotopic (exact) mass is 298 g/mol. The average molecular weight is 299 g/mol. The number of nitrogens with zero attached hydrogens (tertiary/aromatic N) is 2. The van der Waals surface area contributed by atoms with Crippen LogP contribution in [0.25, 0.3) is 0 Å². The molecule has 0 saturated carbocycles. The number of nitrogens with one attached hydrogen (secondary N) is 1. The Morgan fingerprint density at radius 1 is 1.42 bits per heavy atom. The lowest BCUT2D eigenvalue weighted by Crippen LogP contribution is -2.19. The Labute approximate surface area is 120 Å². The lowest BCUT2D eigenvalue weighted by Gasteiger charge is -2.10. The van der Waals surface area contributed by atoms with Crippen molar-refractivity contribution < 1.29 is 4.79 Å². The molecule has 0 spiro atoms. The minimum absolute atomic E-state index is 0.290. The van der Waals surface area contributed by atoms with Gasteiger partial charge in [0, 0.05) is 6.54 Å². The van der Waals surface area contributed by atoms with Crippen LogP contribution in [-0.4, -0.2) is 15.7 Å². The summed E-state index contributed by atoms with van der Waals surface area (Å²) in [6, 6.07) is 4.98. The molecule has 100 valence electrons. The zero-order valence-electron chi connectivity index (χ0n) is 10.2. The molecule has 19 heavy (non-hydrogen) atoms. The van der Waals surface area contributed by atoms with Crippen LogP contribution >= 0.6 is 23.2 Å². The van der Waals surface area contributed by atoms with E-state index >= 15 is 0 Å². The Morgan fingerprint density at radius 3 is 2.63 bits per heavy atom. The molecule has 1 heterocycles. The summed E-state index contributed by atoms with van der Waals surface area (Å²) in [5.41, 5.74) is 6.70. The van der Waals surface area contributed by atoms with Gasteiger partial charge < -0.3 is 11.1 Å². The number of aromatic nitrogens is 2. The van der Waals surface area contributed by atoms with Gasteiger partial charge in [-0.3, -0.25) is 9.48 Å². The summed E-state index contributed by atoms with van der Waals surface area (Å²) >= 11 is 12.0. The smallest absolute Gasteiger partial charge is 0.276 e. The number of anilines is 2. The Hall–Kier alpha value is -1.72. The first-order chi connectivity index (χ1) is 9.04. The molecule has 0 aliphatic heterocycles. The van der Waals surface area contributed by atoms with Crippen molar-refractivity contribution in [2.75, 3.05) is 11.1 Å². The van der Waals surface area contributed by atoms with Gasteiger partial charge in [0.2, 0.25) is 0 Å². The molecule has 0 radical (unpaired) electrons. The fourth-order valence-electron chi connectivity index (χ4n) is 1.68. The fraction of sp³-hybridized carbons (Fsp3) is 0.167. The topological polar surface area (TPSA) is 72.9 Å². The van der Waals surface area contributed by atoms with E-state index in [0.717, 1.165) is 0 Å². The van der Waals surface area contributed by atoms with Crippen LogP contribution in [-0.2, 0) is 6.54 Å². The molecule has 0 unspecified atom stereocenters. The quantitative estimate of drug-likeness (QED) is 0.915. The Balaban J connectivity index is 2.34. The van der Waals surface area contributed by atoms with E-state index in [4.69, 9.17) is 28.9 Å². The molecule has 3 N–H and O–H groups in total. The third-order valence-corrected chi connectivity index (χ3v) is 3.21. The van der Waals surface area contributed by atoms with Crippen molar-refractivity contribution in [1.82, 2.24) is 9.78 Å². The van der Waals surface area contributed by atoms with E-state index in [2.05, 4.69) is 10.4 Å². The van der Waals surface area contributed by atoms with Crippen molar-refractivity contribution >= 4 is 40.5 Å². The molecule has 2 aromatic rings. The fourth-order valence-corrected chi connectivity index (χ4v) is 2.17. The van der Waals surface area contributed by atoms with Crippen molar-refractivity contribution in [3.05, 3.63) is 40.1 Å². The molecule has 0 fully saturated rings. The number of carbonyl (C=O) groups is 1. The van der Waals surface area contributed by atoms with Gasteiger partial charge in [-0.15, -0.1) is 0 Å². The lowest BCUT2D eigenvalue weighted by atomic mass is 10.3. The number of carbonyl (C=O) groups excluding carboxylic acids is 1. The van der Waals surface area contributed by atoms with Crippen molar-refractivity contribution in [3.63, 3.8) is 0 Å². The normalized spacial score (nSPS) is 10.5. The van der Waals surface area contributed by atoms with Crippen LogP contribution in [0.5, 0.6) is 0 Å². The Bertz CT molecular complexity index is 604. The number of benzene rings is 1. The first kappa shape index (κ1) is 13.7. The van der Waals surface area contributed by atoms with Crippen LogP contribution in [0.1, 0.15) is 17.4 Å². The number of aryl methyl sites for hydroxylation is 1. The minimum Gasteiger partial charge on any atom is -0.396 e. The highest BCUT2D eigenvalue weighted by Gasteiger charge is 2.18. The lowest BCUT2D eigenvalue weighted by molar-refractivity contribution is 0.101. The molecule has 7 heteroatoms. The molecular weight excluding hydrogens is 287 g/mol. The number of amides is 1. The zero-order chi connectivity index (χ0) is 14.0. The summed E-state index contributed by atoms with van der Waals surface area (Å²) in [6.45, 7) is 2.40. The molecule has 0 bridgehead atoms. The van der Waals surface area contributed by atoms with Gasteiger partial charge in [-0.25, -0.2) is 0 Å². The maximum atomic E-state index is 12.2. The second kappa shape index (κ2) is 5.50. The minimum atomic E-state index is -0.396. The third-order valence-electron chi connectivity index (χ3n) is 2.58. The second-order valence-electron chi connectivity index (χ2n) is 3.82. The molecular formula is C12H12Cl2N4O. The van der Waals surface area contributed by atoms with Gasteiger partial charge in [0.1, 0.15) is 5.69 Å².